The first-order valence-electron chi connectivity index (χ1n) is 8.94. The number of anilines is 1. The van der Waals surface area contributed by atoms with Crippen molar-refractivity contribution in [3.63, 3.8) is 0 Å². The van der Waals surface area contributed by atoms with Gasteiger partial charge >= 0.3 is 0 Å². The van der Waals surface area contributed by atoms with Gasteiger partial charge in [0, 0.05) is 30.2 Å². The number of carbonyl (C=O) groups excluding carboxylic acids is 2. The molecule has 0 radical (unpaired) electrons. The van der Waals surface area contributed by atoms with Crippen LogP contribution in [0.5, 0.6) is 0 Å². The van der Waals surface area contributed by atoms with E-state index in [2.05, 4.69) is 15.6 Å². The van der Waals surface area contributed by atoms with Crippen LogP contribution in [0.1, 0.15) is 48.0 Å². The smallest absolute Gasteiger partial charge is 0.255 e. The number of hydrogen-bond donors (Lipinski definition) is 3. The molecule has 1 aliphatic rings. The molecule has 3 rings (SSSR count). The van der Waals surface area contributed by atoms with Crippen molar-refractivity contribution in [2.75, 3.05) is 5.32 Å². The summed E-state index contributed by atoms with van der Waals surface area (Å²) in [5.74, 6) is -0.272. The van der Waals surface area contributed by atoms with Crippen LogP contribution in [0.3, 0.4) is 0 Å². The third-order valence-corrected chi connectivity index (χ3v) is 4.81. The molecule has 0 spiro atoms. The van der Waals surface area contributed by atoms with E-state index in [9.17, 15) is 9.59 Å². The molecule has 1 fully saturated rings. The van der Waals surface area contributed by atoms with Crippen molar-refractivity contribution in [1.82, 2.24) is 10.3 Å². The van der Waals surface area contributed by atoms with Crippen LogP contribution < -0.4 is 16.4 Å². The van der Waals surface area contributed by atoms with E-state index in [1.807, 2.05) is 12.1 Å². The Bertz CT molecular complexity index is 764. The van der Waals surface area contributed by atoms with E-state index in [4.69, 9.17) is 5.73 Å². The normalized spacial score (nSPS) is 14.8. The molecule has 2 aromatic rings. The molecule has 1 heterocycles. The molecule has 6 nitrogen and oxygen atoms in total. The monoisotopic (exact) mass is 424 g/mol. The number of nitrogens with zero attached hydrogens (tertiary/aromatic N) is 1. The van der Waals surface area contributed by atoms with Gasteiger partial charge < -0.3 is 16.4 Å². The number of pyridine rings is 1. The fraction of sp³-hybridized carbons (Fsp3) is 0.350. The SMILES string of the molecule is Cl.Cl.NC1(C(=O)NCc2ccc(C(=O)Nc3ccncc3)cc2)CCCCC1. The zero-order valence-corrected chi connectivity index (χ0v) is 17.2. The molecule has 0 saturated heterocycles. The largest absolute Gasteiger partial charge is 0.350 e. The molecule has 1 aromatic carbocycles. The molecular formula is C20H26Cl2N4O2. The van der Waals surface area contributed by atoms with E-state index >= 15 is 0 Å². The van der Waals surface area contributed by atoms with Crippen LogP contribution >= 0.6 is 24.8 Å². The predicted octanol–water partition coefficient (Wildman–Crippen LogP) is 3.46. The molecule has 1 saturated carbocycles. The highest BCUT2D eigenvalue weighted by molar-refractivity contribution is 6.04. The van der Waals surface area contributed by atoms with Gasteiger partial charge in [-0.2, -0.15) is 0 Å². The van der Waals surface area contributed by atoms with Crippen molar-refractivity contribution in [3.8, 4) is 0 Å². The Balaban J connectivity index is 0.00000196. The van der Waals surface area contributed by atoms with Crippen molar-refractivity contribution in [3.05, 3.63) is 59.9 Å². The van der Waals surface area contributed by atoms with Gasteiger partial charge in [0.1, 0.15) is 0 Å². The van der Waals surface area contributed by atoms with Crippen LogP contribution in [0.25, 0.3) is 0 Å². The van der Waals surface area contributed by atoms with Crippen molar-refractivity contribution in [1.29, 1.82) is 0 Å². The fourth-order valence-corrected chi connectivity index (χ4v) is 3.18. The van der Waals surface area contributed by atoms with Crippen LogP contribution in [-0.4, -0.2) is 22.3 Å². The predicted molar refractivity (Wildman–Crippen MR) is 115 cm³/mol. The Kier molecular flexibility index (Phi) is 9.38. The second kappa shape index (κ2) is 11.0. The Morgan fingerprint density at radius 1 is 0.964 bits per heavy atom. The lowest BCUT2D eigenvalue weighted by Crippen LogP contribution is -2.54. The first kappa shape index (κ1) is 23.9. The van der Waals surface area contributed by atoms with Crippen molar-refractivity contribution in [2.45, 2.75) is 44.2 Å². The van der Waals surface area contributed by atoms with Gasteiger partial charge in [-0.3, -0.25) is 14.6 Å². The highest BCUT2D eigenvalue weighted by Crippen LogP contribution is 2.26. The first-order chi connectivity index (χ1) is 12.6. The van der Waals surface area contributed by atoms with Crippen LogP contribution in [0.2, 0.25) is 0 Å². The number of aromatic nitrogens is 1. The molecular weight excluding hydrogens is 399 g/mol. The molecule has 152 valence electrons. The maximum atomic E-state index is 12.4. The second-order valence-corrected chi connectivity index (χ2v) is 6.79. The molecule has 0 unspecified atom stereocenters. The van der Waals surface area contributed by atoms with Crippen molar-refractivity contribution >= 4 is 42.3 Å². The zero-order chi connectivity index (χ0) is 18.4. The first-order valence-corrected chi connectivity index (χ1v) is 8.94. The quantitative estimate of drug-likeness (QED) is 0.684. The molecule has 0 aliphatic heterocycles. The molecule has 8 heteroatoms. The zero-order valence-electron chi connectivity index (χ0n) is 15.5. The molecule has 2 amide bonds. The van der Waals surface area contributed by atoms with Gasteiger partial charge in [-0.05, 0) is 42.7 Å². The number of amides is 2. The Hall–Kier alpha value is -2.15. The summed E-state index contributed by atoms with van der Waals surface area (Å²) < 4.78 is 0. The summed E-state index contributed by atoms with van der Waals surface area (Å²) in [6, 6.07) is 10.6. The maximum absolute atomic E-state index is 12.4. The number of carbonyl (C=O) groups is 2. The van der Waals surface area contributed by atoms with Crippen molar-refractivity contribution in [2.24, 2.45) is 5.73 Å². The van der Waals surface area contributed by atoms with Gasteiger partial charge in [-0.15, -0.1) is 24.8 Å². The van der Waals surface area contributed by atoms with E-state index in [0.717, 1.165) is 37.7 Å². The number of benzene rings is 1. The van der Waals surface area contributed by atoms with E-state index < -0.39 is 5.54 Å². The summed E-state index contributed by atoms with van der Waals surface area (Å²) in [6.45, 7) is 0.407. The standard InChI is InChI=1S/C20H24N4O2.2ClH/c21-20(10-2-1-3-11-20)19(26)23-14-15-4-6-16(7-5-15)18(25)24-17-8-12-22-13-9-17;;/h4-9,12-13H,1-3,10-11,14,21H2,(H,23,26)(H,22,24,25);2*1H. The Morgan fingerprint density at radius 2 is 1.57 bits per heavy atom. The summed E-state index contributed by atoms with van der Waals surface area (Å²) in [5, 5.41) is 5.74. The number of nitrogens with two attached hydrogens (primary N) is 1. The lowest BCUT2D eigenvalue weighted by atomic mass is 9.82. The number of rotatable bonds is 5. The summed E-state index contributed by atoms with van der Waals surface area (Å²) >= 11 is 0. The highest BCUT2D eigenvalue weighted by atomic mass is 35.5. The van der Waals surface area contributed by atoms with Gasteiger partial charge in [0.2, 0.25) is 5.91 Å². The van der Waals surface area contributed by atoms with E-state index in [1.54, 1.807) is 36.7 Å². The second-order valence-electron chi connectivity index (χ2n) is 6.79. The highest BCUT2D eigenvalue weighted by Gasteiger charge is 2.34. The lowest BCUT2D eigenvalue weighted by molar-refractivity contribution is -0.127. The van der Waals surface area contributed by atoms with Crippen LogP contribution in [0, 0.1) is 0 Å². The van der Waals surface area contributed by atoms with Crippen LogP contribution in [0.15, 0.2) is 48.8 Å². The third-order valence-electron chi connectivity index (χ3n) is 4.81. The van der Waals surface area contributed by atoms with Gasteiger partial charge in [-0.25, -0.2) is 0 Å². The van der Waals surface area contributed by atoms with Gasteiger partial charge in [0.15, 0.2) is 0 Å². The summed E-state index contributed by atoms with van der Waals surface area (Å²) in [7, 11) is 0. The van der Waals surface area contributed by atoms with Crippen molar-refractivity contribution < 1.29 is 9.59 Å². The average molecular weight is 425 g/mol. The van der Waals surface area contributed by atoms with E-state index in [0.29, 0.717) is 17.8 Å². The van der Waals surface area contributed by atoms with E-state index in [-0.39, 0.29) is 36.6 Å². The Labute approximate surface area is 177 Å². The number of halogens is 2. The van der Waals surface area contributed by atoms with Crippen LogP contribution in [-0.2, 0) is 11.3 Å². The topological polar surface area (TPSA) is 97.1 Å². The molecule has 1 aliphatic carbocycles. The molecule has 28 heavy (non-hydrogen) atoms. The summed E-state index contributed by atoms with van der Waals surface area (Å²) in [6.07, 6.45) is 7.89. The molecule has 1 aromatic heterocycles. The average Bonchev–Trinajstić information content (AvgIpc) is 2.68. The molecule has 0 bridgehead atoms. The minimum Gasteiger partial charge on any atom is -0.350 e. The lowest BCUT2D eigenvalue weighted by Gasteiger charge is -2.31. The minimum absolute atomic E-state index is 0. The maximum Gasteiger partial charge on any atom is 0.255 e. The number of hydrogen-bond acceptors (Lipinski definition) is 4. The van der Waals surface area contributed by atoms with Gasteiger partial charge in [-0.1, -0.05) is 31.4 Å². The molecule has 4 N–H and O–H groups in total. The van der Waals surface area contributed by atoms with Gasteiger partial charge in [0.25, 0.3) is 5.91 Å². The molecule has 0 atom stereocenters. The Morgan fingerprint density at radius 3 is 2.18 bits per heavy atom. The number of nitrogens with one attached hydrogen (secondary N) is 2. The summed E-state index contributed by atoms with van der Waals surface area (Å²) in [4.78, 5) is 28.5. The van der Waals surface area contributed by atoms with Gasteiger partial charge in [0.05, 0.1) is 5.54 Å². The summed E-state index contributed by atoms with van der Waals surface area (Å²) in [5.41, 5.74) is 7.68. The van der Waals surface area contributed by atoms with Crippen LogP contribution in [0.4, 0.5) is 5.69 Å². The fourth-order valence-electron chi connectivity index (χ4n) is 3.18. The third kappa shape index (κ3) is 6.19. The minimum atomic E-state index is -0.734. The van der Waals surface area contributed by atoms with E-state index in [1.165, 1.54) is 0 Å².